The van der Waals surface area contributed by atoms with Gasteiger partial charge in [-0.15, -0.1) is 5.10 Å². The van der Waals surface area contributed by atoms with Gasteiger partial charge in [0.05, 0.1) is 13.2 Å². The lowest BCUT2D eigenvalue weighted by Gasteiger charge is -2.27. The summed E-state index contributed by atoms with van der Waals surface area (Å²) >= 11 is 1.11. The Labute approximate surface area is 150 Å². The third-order valence-corrected chi connectivity index (χ3v) is 4.58. The van der Waals surface area contributed by atoms with Crippen LogP contribution in [0.2, 0.25) is 0 Å². The number of nitrogens with zero attached hydrogens (tertiary/aromatic N) is 3. The Balaban J connectivity index is 1.97. The number of benzene rings is 1. The lowest BCUT2D eigenvalue weighted by atomic mass is 10.0. The number of anilines is 1. The molecule has 1 aliphatic heterocycles. The van der Waals surface area contributed by atoms with E-state index in [4.69, 9.17) is 21.5 Å². The third kappa shape index (κ3) is 3.85. The molecule has 2 aromatic rings. The van der Waals surface area contributed by atoms with Gasteiger partial charge in [-0.1, -0.05) is 12.1 Å². The van der Waals surface area contributed by atoms with E-state index in [1.165, 1.54) is 0 Å². The first-order valence-electron chi connectivity index (χ1n) is 7.82. The number of rotatable bonds is 5. The Kier molecular flexibility index (Phi) is 5.71. The molecule has 25 heavy (non-hydrogen) atoms. The standard InChI is InChI=1S/C16H21N7OS/c17-16(21-22-18)15-12(2-1-3-13(15)25-19)11-4-5-14(20-10-11)23-6-8-24-9-7-23/h1-5,10,22H,6-9,18-19H2,(H2,17,21). The molecule has 0 unspecified atom stereocenters. The number of hydrogen-bond acceptors (Lipinski definition) is 8. The molecule has 9 heteroatoms. The number of morpholine rings is 1. The van der Waals surface area contributed by atoms with Crippen molar-refractivity contribution in [2.24, 2.45) is 21.8 Å². The largest absolute Gasteiger partial charge is 0.382 e. The Morgan fingerprint density at radius 3 is 2.68 bits per heavy atom. The van der Waals surface area contributed by atoms with Crippen molar-refractivity contribution in [2.45, 2.75) is 4.90 Å². The second-order valence-corrected chi connectivity index (χ2v) is 6.10. The van der Waals surface area contributed by atoms with Crippen molar-refractivity contribution >= 4 is 23.6 Å². The van der Waals surface area contributed by atoms with Crippen LogP contribution in [0.3, 0.4) is 0 Å². The molecule has 1 aromatic heterocycles. The Hall–Kier alpha value is -2.33. The van der Waals surface area contributed by atoms with Crippen LogP contribution in [0, 0.1) is 0 Å². The number of aromatic nitrogens is 1. The van der Waals surface area contributed by atoms with E-state index in [9.17, 15) is 0 Å². The number of pyridine rings is 1. The zero-order chi connectivity index (χ0) is 17.6. The summed E-state index contributed by atoms with van der Waals surface area (Å²) in [6.45, 7) is 3.14. The SMILES string of the molecule is NN/N=C(\N)c1c(SN)cccc1-c1ccc(N2CCOCC2)nc1. The van der Waals surface area contributed by atoms with Crippen LogP contribution in [0.4, 0.5) is 5.82 Å². The van der Waals surface area contributed by atoms with Gasteiger partial charge < -0.3 is 15.4 Å². The van der Waals surface area contributed by atoms with E-state index in [2.05, 4.69) is 20.5 Å². The summed E-state index contributed by atoms with van der Waals surface area (Å²) in [6, 6.07) is 9.79. The first-order chi connectivity index (χ1) is 12.2. The summed E-state index contributed by atoms with van der Waals surface area (Å²) < 4.78 is 5.38. The minimum absolute atomic E-state index is 0.267. The molecule has 1 saturated heterocycles. The summed E-state index contributed by atoms with van der Waals surface area (Å²) in [5, 5.41) is 9.66. The van der Waals surface area contributed by atoms with Gasteiger partial charge >= 0.3 is 0 Å². The van der Waals surface area contributed by atoms with Crippen LogP contribution < -0.4 is 27.2 Å². The van der Waals surface area contributed by atoms with Crippen LogP contribution in [0.15, 0.2) is 46.5 Å². The molecule has 132 valence electrons. The first kappa shape index (κ1) is 17.5. The quantitative estimate of drug-likeness (QED) is 0.201. The second-order valence-electron chi connectivity index (χ2n) is 5.43. The fourth-order valence-corrected chi connectivity index (χ4v) is 3.27. The molecule has 0 radical (unpaired) electrons. The molecule has 1 aliphatic rings. The van der Waals surface area contributed by atoms with Gasteiger partial charge in [0.1, 0.15) is 5.82 Å². The Morgan fingerprint density at radius 2 is 2.04 bits per heavy atom. The maximum absolute atomic E-state index is 6.06. The van der Waals surface area contributed by atoms with Gasteiger partial charge in [0.25, 0.3) is 0 Å². The van der Waals surface area contributed by atoms with E-state index in [0.717, 1.165) is 65.7 Å². The summed E-state index contributed by atoms with van der Waals surface area (Å²) in [4.78, 5) is 7.61. The van der Waals surface area contributed by atoms with E-state index < -0.39 is 0 Å². The predicted octanol–water partition coefficient (Wildman–Crippen LogP) is 0.635. The van der Waals surface area contributed by atoms with Crippen molar-refractivity contribution in [3.8, 4) is 11.1 Å². The number of hydrazine groups is 1. The molecule has 0 amide bonds. The highest BCUT2D eigenvalue weighted by Gasteiger charge is 2.16. The average molecular weight is 359 g/mol. The van der Waals surface area contributed by atoms with Crippen molar-refractivity contribution in [2.75, 3.05) is 31.2 Å². The van der Waals surface area contributed by atoms with E-state index in [0.29, 0.717) is 0 Å². The minimum atomic E-state index is 0.267. The third-order valence-electron chi connectivity index (χ3n) is 3.99. The highest BCUT2D eigenvalue weighted by Crippen LogP contribution is 2.30. The highest BCUT2D eigenvalue weighted by atomic mass is 32.2. The monoisotopic (exact) mass is 359 g/mol. The summed E-state index contributed by atoms with van der Waals surface area (Å²) in [5.74, 6) is 6.47. The van der Waals surface area contributed by atoms with Crippen molar-refractivity contribution in [1.82, 2.24) is 10.5 Å². The van der Waals surface area contributed by atoms with Gasteiger partial charge in [0, 0.05) is 35.3 Å². The summed E-state index contributed by atoms with van der Waals surface area (Å²) in [6.07, 6.45) is 1.83. The van der Waals surface area contributed by atoms with Gasteiger partial charge in [-0.2, -0.15) is 0 Å². The molecule has 0 atom stereocenters. The summed E-state index contributed by atoms with van der Waals surface area (Å²) in [7, 11) is 0. The molecule has 0 saturated carbocycles. The van der Waals surface area contributed by atoms with Gasteiger partial charge in [0.15, 0.2) is 5.84 Å². The Bertz CT molecular complexity index is 745. The number of nitrogens with two attached hydrogens (primary N) is 3. The van der Waals surface area contributed by atoms with Crippen molar-refractivity contribution in [3.63, 3.8) is 0 Å². The topological polar surface area (TPSA) is 128 Å². The fourth-order valence-electron chi connectivity index (χ4n) is 2.78. The molecule has 0 spiro atoms. The smallest absolute Gasteiger partial charge is 0.153 e. The van der Waals surface area contributed by atoms with Crippen LogP contribution >= 0.6 is 11.9 Å². The molecule has 0 aliphatic carbocycles. The average Bonchev–Trinajstić information content (AvgIpc) is 2.68. The number of amidine groups is 1. The molecule has 2 heterocycles. The summed E-state index contributed by atoms with van der Waals surface area (Å²) in [5.41, 5.74) is 10.8. The van der Waals surface area contributed by atoms with Crippen LogP contribution in [-0.2, 0) is 4.74 Å². The molecule has 0 bridgehead atoms. The second kappa shape index (κ2) is 8.17. The predicted molar refractivity (Wildman–Crippen MR) is 101 cm³/mol. The maximum atomic E-state index is 6.06. The fraction of sp³-hybridized carbons (Fsp3) is 0.250. The van der Waals surface area contributed by atoms with E-state index in [1.807, 2.05) is 36.5 Å². The van der Waals surface area contributed by atoms with Crippen LogP contribution in [-0.4, -0.2) is 37.1 Å². The van der Waals surface area contributed by atoms with Gasteiger partial charge in [0.2, 0.25) is 0 Å². The van der Waals surface area contributed by atoms with Crippen molar-refractivity contribution in [1.29, 1.82) is 0 Å². The normalized spacial score (nSPS) is 15.3. The number of hydrogen-bond donors (Lipinski definition) is 4. The zero-order valence-corrected chi connectivity index (χ0v) is 14.5. The molecular weight excluding hydrogens is 338 g/mol. The van der Waals surface area contributed by atoms with Crippen LogP contribution in [0.1, 0.15) is 5.56 Å². The minimum Gasteiger partial charge on any atom is -0.382 e. The highest BCUT2D eigenvalue weighted by molar-refractivity contribution is 7.97. The number of nitrogens with one attached hydrogen (secondary N) is 1. The lowest BCUT2D eigenvalue weighted by molar-refractivity contribution is 0.122. The molecule has 8 nitrogen and oxygen atoms in total. The van der Waals surface area contributed by atoms with Crippen LogP contribution in [0.5, 0.6) is 0 Å². The molecule has 7 N–H and O–H groups in total. The maximum Gasteiger partial charge on any atom is 0.153 e. The van der Waals surface area contributed by atoms with Gasteiger partial charge in [-0.05, 0) is 35.7 Å². The first-order valence-corrected chi connectivity index (χ1v) is 8.70. The zero-order valence-electron chi connectivity index (χ0n) is 13.7. The van der Waals surface area contributed by atoms with Crippen molar-refractivity contribution < 1.29 is 4.74 Å². The van der Waals surface area contributed by atoms with E-state index >= 15 is 0 Å². The Morgan fingerprint density at radius 1 is 1.24 bits per heavy atom. The molecule has 3 rings (SSSR count). The molecule has 1 aromatic carbocycles. The van der Waals surface area contributed by atoms with Crippen LogP contribution in [0.25, 0.3) is 11.1 Å². The van der Waals surface area contributed by atoms with E-state index in [1.54, 1.807) is 0 Å². The van der Waals surface area contributed by atoms with Crippen molar-refractivity contribution in [3.05, 3.63) is 42.1 Å². The van der Waals surface area contributed by atoms with Gasteiger partial charge in [-0.3, -0.25) is 5.14 Å². The molecular formula is C16H21N7OS. The lowest BCUT2D eigenvalue weighted by Crippen LogP contribution is -2.36. The number of ether oxygens (including phenoxy) is 1. The van der Waals surface area contributed by atoms with Gasteiger partial charge in [-0.25, -0.2) is 16.4 Å². The number of hydrazone groups is 1. The van der Waals surface area contributed by atoms with E-state index in [-0.39, 0.29) is 5.84 Å². The molecule has 1 fully saturated rings.